The largest absolute Gasteiger partial charge is 0.440 e. The highest BCUT2D eigenvalue weighted by Gasteiger charge is 2.33. The Labute approximate surface area is 147 Å². The lowest BCUT2D eigenvalue weighted by atomic mass is 9.83. The van der Waals surface area contributed by atoms with Crippen molar-refractivity contribution in [2.75, 3.05) is 0 Å². The van der Waals surface area contributed by atoms with E-state index in [0.29, 0.717) is 17.2 Å². The highest BCUT2D eigenvalue weighted by atomic mass is 16.5. The third-order valence-electron chi connectivity index (χ3n) is 4.79. The van der Waals surface area contributed by atoms with Crippen molar-refractivity contribution in [3.63, 3.8) is 0 Å². The van der Waals surface area contributed by atoms with Gasteiger partial charge in [-0.25, -0.2) is 0 Å². The molecule has 1 atom stereocenters. The number of nitrogens with two attached hydrogens (primary N) is 1. The zero-order valence-corrected chi connectivity index (χ0v) is 14.8. The maximum Gasteiger partial charge on any atom is 0.258 e. The Bertz CT molecular complexity index is 960. The summed E-state index contributed by atoms with van der Waals surface area (Å²) in [5.41, 5.74) is 9.35. The Kier molecular flexibility index (Phi) is 4.13. The first-order valence-electron chi connectivity index (χ1n) is 8.23. The van der Waals surface area contributed by atoms with Gasteiger partial charge in [0.1, 0.15) is 17.4 Å². The van der Waals surface area contributed by atoms with Crippen LogP contribution < -0.4 is 16.0 Å². The number of aryl methyl sites for hydroxylation is 1. The van der Waals surface area contributed by atoms with Crippen LogP contribution in [-0.4, -0.2) is 4.57 Å². The van der Waals surface area contributed by atoms with E-state index in [1.54, 1.807) is 17.7 Å². The topological polar surface area (TPSA) is 81.0 Å². The Morgan fingerprint density at radius 2 is 1.92 bits per heavy atom. The molecule has 0 bridgehead atoms. The number of hydrogen-bond acceptors (Lipinski definition) is 4. The molecule has 25 heavy (non-hydrogen) atoms. The number of rotatable bonds is 2. The average Bonchev–Trinajstić information content (AvgIpc) is 2.59. The molecule has 5 nitrogen and oxygen atoms in total. The highest BCUT2D eigenvalue weighted by Crippen LogP contribution is 2.40. The summed E-state index contributed by atoms with van der Waals surface area (Å²) in [5.74, 6) is 0.368. The van der Waals surface area contributed by atoms with E-state index in [0.717, 1.165) is 11.3 Å². The second-order valence-electron chi connectivity index (χ2n) is 6.67. The molecular formula is C20H21N3O2. The summed E-state index contributed by atoms with van der Waals surface area (Å²) in [6.45, 7) is 6.07. The van der Waals surface area contributed by atoms with Crippen molar-refractivity contribution in [2.24, 2.45) is 12.8 Å². The fourth-order valence-corrected chi connectivity index (χ4v) is 3.15. The molecule has 0 spiro atoms. The molecule has 0 aliphatic carbocycles. The summed E-state index contributed by atoms with van der Waals surface area (Å²) in [7, 11) is 1.71. The molecule has 1 aliphatic rings. The van der Waals surface area contributed by atoms with Gasteiger partial charge in [0.25, 0.3) is 5.56 Å². The highest BCUT2D eigenvalue weighted by molar-refractivity contribution is 5.55. The lowest BCUT2D eigenvalue weighted by Crippen LogP contribution is -2.31. The summed E-state index contributed by atoms with van der Waals surface area (Å²) in [6, 6.07) is 11.9. The molecule has 2 N–H and O–H groups in total. The Balaban J connectivity index is 2.26. The number of aromatic nitrogens is 1. The molecule has 5 heteroatoms. The summed E-state index contributed by atoms with van der Waals surface area (Å²) in [5, 5.41) is 9.60. The van der Waals surface area contributed by atoms with E-state index in [9.17, 15) is 10.1 Å². The summed E-state index contributed by atoms with van der Waals surface area (Å²) >= 11 is 0. The first-order chi connectivity index (χ1) is 11.8. The van der Waals surface area contributed by atoms with Gasteiger partial charge in [-0.1, -0.05) is 38.1 Å². The van der Waals surface area contributed by atoms with Gasteiger partial charge < -0.3 is 15.0 Å². The van der Waals surface area contributed by atoms with Crippen LogP contribution in [0.15, 0.2) is 46.6 Å². The number of ether oxygens (including phenoxy) is 1. The lowest BCUT2D eigenvalue weighted by Gasteiger charge is -2.27. The van der Waals surface area contributed by atoms with Crippen molar-refractivity contribution in [3.05, 3.63) is 74.5 Å². The molecule has 0 radical (unpaired) electrons. The van der Waals surface area contributed by atoms with Crippen LogP contribution in [0.4, 0.5) is 0 Å². The summed E-state index contributed by atoms with van der Waals surface area (Å²) < 4.78 is 7.15. The predicted octanol–water partition coefficient (Wildman–Crippen LogP) is 3.04. The van der Waals surface area contributed by atoms with Gasteiger partial charge >= 0.3 is 0 Å². The second kappa shape index (κ2) is 6.14. The molecule has 3 rings (SSSR count). The molecular weight excluding hydrogens is 314 g/mol. The van der Waals surface area contributed by atoms with Gasteiger partial charge in [0.05, 0.1) is 11.5 Å². The Hall–Kier alpha value is -3.00. The Morgan fingerprint density at radius 3 is 2.48 bits per heavy atom. The minimum Gasteiger partial charge on any atom is -0.440 e. The van der Waals surface area contributed by atoms with E-state index in [1.165, 1.54) is 5.56 Å². The van der Waals surface area contributed by atoms with Crippen LogP contribution in [0.25, 0.3) is 0 Å². The number of allylic oxidation sites excluding steroid dienone is 1. The van der Waals surface area contributed by atoms with Gasteiger partial charge in [0.15, 0.2) is 0 Å². The minimum absolute atomic E-state index is 0.0561. The van der Waals surface area contributed by atoms with Gasteiger partial charge in [-0.2, -0.15) is 5.26 Å². The first kappa shape index (κ1) is 16.8. The van der Waals surface area contributed by atoms with Gasteiger partial charge in [-0.05, 0) is 24.0 Å². The van der Waals surface area contributed by atoms with E-state index < -0.39 is 5.92 Å². The SMILES string of the molecule is Cc1cc2c(c(=O)n1C)[C@@H](c1ccc(C(C)C)cc1)C(C#N)=C(N)O2. The van der Waals surface area contributed by atoms with Crippen LogP contribution in [0.2, 0.25) is 0 Å². The molecule has 0 fully saturated rings. The van der Waals surface area contributed by atoms with Crippen LogP contribution in [0.3, 0.4) is 0 Å². The fraction of sp³-hybridized carbons (Fsp3) is 0.300. The number of pyridine rings is 1. The normalized spacial score (nSPS) is 16.4. The average molecular weight is 335 g/mol. The third-order valence-corrected chi connectivity index (χ3v) is 4.79. The molecule has 1 aromatic heterocycles. The maximum absolute atomic E-state index is 12.9. The number of nitrogens with zero attached hydrogens (tertiary/aromatic N) is 2. The monoisotopic (exact) mass is 335 g/mol. The molecule has 0 saturated carbocycles. The van der Waals surface area contributed by atoms with Crippen molar-refractivity contribution in [2.45, 2.75) is 32.6 Å². The fourth-order valence-electron chi connectivity index (χ4n) is 3.15. The quantitative estimate of drug-likeness (QED) is 0.914. The zero-order chi connectivity index (χ0) is 18.3. The molecule has 1 aromatic carbocycles. The van der Waals surface area contributed by atoms with E-state index in [2.05, 4.69) is 19.9 Å². The number of benzene rings is 1. The third kappa shape index (κ3) is 2.70. The van der Waals surface area contributed by atoms with E-state index in [-0.39, 0.29) is 17.0 Å². The van der Waals surface area contributed by atoms with Crippen LogP contribution in [0.1, 0.15) is 48.1 Å². The van der Waals surface area contributed by atoms with E-state index in [4.69, 9.17) is 10.5 Å². The van der Waals surface area contributed by atoms with Gasteiger partial charge in [0, 0.05) is 18.8 Å². The lowest BCUT2D eigenvalue weighted by molar-refractivity contribution is 0.389. The first-order valence-corrected chi connectivity index (χ1v) is 8.23. The molecule has 128 valence electrons. The van der Waals surface area contributed by atoms with Crippen LogP contribution >= 0.6 is 0 Å². The van der Waals surface area contributed by atoms with Gasteiger partial charge in [0.2, 0.25) is 5.88 Å². The molecule has 0 unspecified atom stereocenters. The standard InChI is InChI=1S/C20H21N3O2/c1-11(2)13-5-7-14(8-6-13)17-15(10-21)19(22)25-16-9-12(3)23(4)20(24)18(16)17/h5-9,11,17H,22H2,1-4H3/t17-/m0/s1. The van der Waals surface area contributed by atoms with Gasteiger partial charge in [-0.15, -0.1) is 0 Å². The molecule has 2 heterocycles. The van der Waals surface area contributed by atoms with Crippen molar-refractivity contribution in [1.82, 2.24) is 4.57 Å². The minimum atomic E-state index is -0.519. The van der Waals surface area contributed by atoms with Crippen molar-refractivity contribution >= 4 is 0 Å². The molecule has 0 saturated heterocycles. The summed E-state index contributed by atoms with van der Waals surface area (Å²) in [6.07, 6.45) is 0. The van der Waals surface area contributed by atoms with E-state index in [1.807, 2.05) is 31.2 Å². The van der Waals surface area contributed by atoms with Crippen molar-refractivity contribution < 1.29 is 4.74 Å². The molecule has 1 aliphatic heterocycles. The van der Waals surface area contributed by atoms with Crippen LogP contribution in [0, 0.1) is 18.3 Å². The molecule has 2 aromatic rings. The van der Waals surface area contributed by atoms with Crippen molar-refractivity contribution in [1.29, 1.82) is 5.26 Å². The van der Waals surface area contributed by atoms with Crippen molar-refractivity contribution in [3.8, 4) is 11.8 Å². The van der Waals surface area contributed by atoms with Gasteiger partial charge in [-0.3, -0.25) is 4.79 Å². The smallest absolute Gasteiger partial charge is 0.258 e. The predicted molar refractivity (Wildman–Crippen MR) is 96.2 cm³/mol. The number of fused-ring (bicyclic) bond motifs is 1. The Morgan fingerprint density at radius 1 is 1.28 bits per heavy atom. The van der Waals surface area contributed by atoms with E-state index >= 15 is 0 Å². The van der Waals surface area contributed by atoms with Crippen LogP contribution in [-0.2, 0) is 7.05 Å². The second-order valence-corrected chi connectivity index (χ2v) is 6.67. The molecule has 0 amide bonds. The zero-order valence-electron chi connectivity index (χ0n) is 14.8. The van der Waals surface area contributed by atoms with Crippen LogP contribution in [0.5, 0.6) is 5.75 Å². The number of nitriles is 1. The summed E-state index contributed by atoms with van der Waals surface area (Å²) in [4.78, 5) is 12.9. The number of hydrogen-bond donors (Lipinski definition) is 1. The maximum atomic E-state index is 12.9.